The van der Waals surface area contributed by atoms with Crippen LogP contribution in [0.15, 0.2) is 24.3 Å². The molecule has 1 aromatic carbocycles. The smallest absolute Gasteiger partial charge is 0.248 e. The van der Waals surface area contributed by atoms with Crippen molar-refractivity contribution in [3.05, 3.63) is 35.4 Å². The highest BCUT2D eigenvalue weighted by Gasteiger charge is 2.05. The van der Waals surface area contributed by atoms with Gasteiger partial charge in [-0.05, 0) is 24.1 Å². The first-order chi connectivity index (χ1) is 6.65. The van der Waals surface area contributed by atoms with Crippen molar-refractivity contribution >= 4 is 5.91 Å². The van der Waals surface area contributed by atoms with Crippen molar-refractivity contribution in [2.24, 2.45) is 11.5 Å². The molecule has 1 amide bonds. The van der Waals surface area contributed by atoms with Crippen LogP contribution in [0.4, 0.5) is 0 Å². The van der Waals surface area contributed by atoms with Gasteiger partial charge in [-0.25, -0.2) is 0 Å². The molecular weight excluding hydrogens is 176 g/mol. The number of carbonyl (C=O) groups is 1. The highest BCUT2D eigenvalue weighted by Crippen LogP contribution is 2.15. The summed E-state index contributed by atoms with van der Waals surface area (Å²) in [7, 11) is 0. The van der Waals surface area contributed by atoms with Crippen molar-refractivity contribution in [3.63, 3.8) is 0 Å². The molecule has 0 heterocycles. The first-order valence-corrected chi connectivity index (χ1v) is 4.80. The van der Waals surface area contributed by atoms with Crippen LogP contribution in [0, 0.1) is 0 Å². The van der Waals surface area contributed by atoms with Gasteiger partial charge >= 0.3 is 0 Å². The monoisotopic (exact) mass is 192 g/mol. The first-order valence-electron chi connectivity index (χ1n) is 4.80. The van der Waals surface area contributed by atoms with Crippen LogP contribution < -0.4 is 11.5 Å². The lowest BCUT2D eigenvalue weighted by Crippen LogP contribution is -2.12. The highest BCUT2D eigenvalue weighted by molar-refractivity contribution is 5.92. The van der Waals surface area contributed by atoms with Crippen molar-refractivity contribution in [3.8, 4) is 0 Å². The van der Waals surface area contributed by atoms with Crippen LogP contribution in [-0.2, 0) is 0 Å². The van der Waals surface area contributed by atoms with Gasteiger partial charge in [0, 0.05) is 11.6 Å². The van der Waals surface area contributed by atoms with Crippen LogP contribution in [0.25, 0.3) is 0 Å². The summed E-state index contributed by atoms with van der Waals surface area (Å²) in [6.45, 7) is 2.09. The number of primary amides is 1. The summed E-state index contributed by atoms with van der Waals surface area (Å²) >= 11 is 0. The molecule has 4 N–H and O–H groups in total. The zero-order valence-electron chi connectivity index (χ0n) is 8.36. The molecule has 1 atom stereocenters. The topological polar surface area (TPSA) is 69.1 Å². The van der Waals surface area contributed by atoms with Gasteiger partial charge in [-0.1, -0.05) is 25.5 Å². The fourth-order valence-corrected chi connectivity index (χ4v) is 1.37. The van der Waals surface area contributed by atoms with Crippen molar-refractivity contribution in [1.82, 2.24) is 0 Å². The maximum Gasteiger partial charge on any atom is 0.248 e. The molecule has 0 fully saturated rings. The zero-order chi connectivity index (χ0) is 10.6. The van der Waals surface area contributed by atoms with Gasteiger partial charge in [-0.3, -0.25) is 4.79 Å². The van der Waals surface area contributed by atoms with Gasteiger partial charge in [-0.2, -0.15) is 0 Å². The fourth-order valence-electron chi connectivity index (χ4n) is 1.37. The number of carbonyl (C=O) groups excluding carboxylic acids is 1. The van der Waals surface area contributed by atoms with Gasteiger partial charge in [0.1, 0.15) is 0 Å². The summed E-state index contributed by atoms with van der Waals surface area (Å²) in [4.78, 5) is 10.8. The molecule has 0 spiro atoms. The lowest BCUT2D eigenvalue weighted by molar-refractivity contribution is 0.100. The molecule has 1 rings (SSSR count). The normalized spacial score (nSPS) is 12.4. The average Bonchev–Trinajstić information content (AvgIpc) is 2.18. The molecule has 3 nitrogen and oxygen atoms in total. The predicted octanol–water partition coefficient (Wildman–Crippen LogP) is 1.59. The van der Waals surface area contributed by atoms with Gasteiger partial charge in [0.15, 0.2) is 0 Å². The summed E-state index contributed by atoms with van der Waals surface area (Å²) in [6, 6.07) is 7.21. The quantitative estimate of drug-likeness (QED) is 0.760. The van der Waals surface area contributed by atoms with E-state index in [0.29, 0.717) is 5.56 Å². The molecule has 0 saturated carbocycles. The Hall–Kier alpha value is -1.35. The van der Waals surface area contributed by atoms with Gasteiger partial charge in [0.25, 0.3) is 0 Å². The maximum atomic E-state index is 10.8. The van der Waals surface area contributed by atoms with E-state index in [1.165, 1.54) is 0 Å². The summed E-state index contributed by atoms with van der Waals surface area (Å²) in [5, 5.41) is 0. The number of hydrogen-bond acceptors (Lipinski definition) is 2. The minimum atomic E-state index is -0.402. The van der Waals surface area contributed by atoms with Gasteiger partial charge in [-0.15, -0.1) is 0 Å². The lowest BCUT2D eigenvalue weighted by Gasteiger charge is -2.10. The molecule has 3 heteroatoms. The number of rotatable bonds is 4. The molecule has 0 aromatic heterocycles. The van der Waals surface area contributed by atoms with Crippen LogP contribution in [-0.4, -0.2) is 5.91 Å². The minimum absolute atomic E-state index is 0.0573. The number of benzene rings is 1. The third-order valence-electron chi connectivity index (χ3n) is 2.22. The second kappa shape index (κ2) is 4.77. The highest BCUT2D eigenvalue weighted by atomic mass is 16.1. The zero-order valence-corrected chi connectivity index (χ0v) is 8.36. The number of amides is 1. The van der Waals surface area contributed by atoms with Crippen molar-refractivity contribution in [2.45, 2.75) is 25.8 Å². The van der Waals surface area contributed by atoms with E-state index in [9.17, 15) is 4.79 Å². The van der Waals surface area contributed by atoms with Gasteiger partial charge in [0.2, 0.25) is 5.91 Å². The Morgan fingerprint density at radius 3 is 2.36 bits per heavy atom. The fraction of sp³-hybridized carbons (Fsp3) is 0.364. The molecule has 0 saturated heterocycles. The van der Waals surface area contributed by atoms with Crippen molar-refractivity contribution in [1.29, 1.82) is 0 Å². The van der Waals surface area contributed by atoms with Crippen LogP contribution in [0.1, 0.15) is 41.7 Å². The van der Waals surface area contributed by atoms with Gasteiger partial charge < -0.3 is 11.5 Å². The van der Waals surface area contributed by atoms with Gasteiger partial charge in [0.05, 0.1) is 0 Å². The Kier molecular flexibility index (Phi) is 3.65. The Bertz CT molecular complexity index is 306. The summed E-state index contributed by atoms with van der Waals surface area (Å²) < 4.78 is 0. The third-order valence-corrected chi connectivity index (χ3v) is 2.22. The van der Waals surface area contributed by atoms with E-state index >= 15 is 0 Å². The Morgan fingerprint density at radius 2 is 1.93 bits per heavy atom. The molecular formula is C11H16N2O. The Balaban J connectivity index is 2.77. The van der Waals surface area contributed by atoms with E-state index in [4.69, 9.17) is 11.5 Å². The molecule has 1 unspecified atom stereocenters. The Labute approximate surface area is 84.1 Å². The molecule has 0 aliphatic rings. The minimum Gasteiger partial charge on any atom is -0.366 e. The first kappa shape index (κ1) is 10.7. The van der Waals surface area contributed by atoms with Crippen LogP contribution in [0.3, 0.4) is 0 Å². The number of nitrogens with two attached hydrogens (primary N) is 2. The standard InChI is InChI=1S/C11H16N2O/c1-2-3-10(12)8-4-6-9(7-5-8)11(13)14/h4-7,10H,2-3,12H2,1H3,(H2,13,14). The Morgan fingerprint density at radius 1 is 1.36 bits per heavy atom. The van der Waals surface area contributed by atoms with E-state index in [0.717, 1.165) is 18.4 Å². The third kappa shape index (κ3) is 2.57. The molecule has 76 valence electrons. The summed E-state index contributed by atoms with van der Waals surface area (Å²) in [5.41, 5.74) is 12.6. The van der Waals surface area contributed by atoms with E-state index in [2.05, 4.69) is 6.92 Å². The van der Waals surface area contributed by atoms with Crippen molar-refractivity contribution in [2.75, 3.05) is 0 Å². The molecule has 0 radical (unpaired) electrons. The molecule has 0 bridgehead atoms. The summed E-state index contributed by atoms with van der Waals surface area (Å²) in [6.07, 6.45) is 2.01. The number of hydrogen-bond donors (Lipinski definition) is 2. The van der Waals surface area contributed by atoms with E-state index in [1.54, 1.807) is 12.1 Å². The molecule has 1 aromatic rings. The second-order valence-corrected chi connectivity index (χ2v) is 3.38. The average molecular weight is 192 g/mol. The molecule has 0 aliphatic heterocycles. The predicted molar refractivity (Wildman–Crippen MR) is 56.8 cm³/mol. The van der Waals surface area contributed by atoms with Crippen LogP contribution in [0.2, 0.25) is 0 Å². The van der Waals surface area contributed by atoms with Crippen LogP contribution >= 0.6 is 0 Å². The van der Waals surface area contributed by atoms with E-state index in [1.807, 2.05) is 12.1 Å². The largest absolute Gasteiger partial charge is 0.366 e. The van der Waals surface area contributed by atoms with E-state index in [-0.39, 0.29) is 6.04 Å². The SMILES string of the molecule is CCCC(N)c1ccc(C(N)=O)cc1. The summed E-state index contributed by atoms with van der Waals surface area (Å²) in [5.74, 6) is -0.402. The molecule has 14 heavy (non-hydrogen) atoms. The maximum absolute atomic E-state index is 10.8. The second-order valence-electron chi connectivity index (χ2n) is 3.38. The van der Waals surface area contributed by atoms with Crippen LogP contribution in [0.5, 0.6) is 0 Å². The van der Waals surface area contributed by atoms with Crippen molar-refractivity contribution < 1.29 is 4.79 Å². The lowest BCUT2D eigenvalue weighted by atomic mass is 10.0. The molecule has 0 aliphatic carbocycles. The van der Waals surface area contributed by atoms with E-state index < -0.39 is 5.91 Å².